The first-order chi connectivity index (χ1) is 8.71. The fourth-order valence-corrected chi connectivity index (χ4v) is 2.28. The van der Waals surface area contributed by atoms with E-state index in [0.717, 1.165) is 18.2 Å². The summed E-state index contributed by atoms with van der Waals surface area (Å²) in [4.78, 5) is 10.7. The molecule has 0 aromatic heterocycles. The Kier molecular flexibility index (Phi) is 4.84. The number of carboxylic acid groups (broad SMARTS) is 1. The van der Waals surface area contributed by atoms with Crippen LogP contribution in [0.3, 0.4) is 0 Å². The average Bonchev–Trinajstić information content (AvgIpc) is 2.28. The number of aromatic carboxylic acids is 1. The van der Waals surface area contributed by atoms with Crippen LogP contribution in [0.15, 0.2) is 18.2 Å². The highest BCUT2D eigenvalue weighted by atomic mass is 32.2. The van der Waals surface area contributed by atoms with Gasteiger partial charge in [0.25, 0.3) is 10.2 Å². The van der Waals surface area contributed by atoms with Gasteiger partial charge in [0.1, 0.15) is 5.82 Å². The molecule has 1 aromatic carbocycles. The van der Waals surface area contributed by atoms with E-state index < -0.39 is 27.6 Å². The van der Waals surface area contributed by atoms with Crippen molar-refractivity contribution in [2.75, 3.05) is 11.3 Å². The summed E-state index contributed by atoms with van der Waals surface area (Å²) >= 11 is 0. The zero-order valence-electron chi connectivity index (χ0n) is 10.5. The summed E-state index contributed by atoms with van der Waals surface area (Å²) in [5.74, 6) is -2.27. The summed E-state index contributed by atoms with van der Waals surface area (Å²) in [5, 5.41) is 8.73. The molecular weight excluding hydrogens is 275 g/mol. The van der Waals surface area contributed by atoms with Gasteiger partial charge in [-0.1, -0.05) is 13.8 Å². The molecule has 19 heavy (non-hydrogen) atoms. The van der Waals surface area contributed by atoms with Gasteiger partial charge in [0, 0.05) is 6.54 Å². The van der Waals surface area contributed by atoms with Gasteiger partial charge in [0.15, 0.2) is 0 Å². The Hall–Kier alpha value is -1.67. The summed E-state index contributed by atoms with van der Waals surface area (Å²) in [7, 11) is -3.80. The van der Waals surface area contributed by atoms with Crippen LogP contribution < -0.4 is 9.44 Å². The SMILES string of the molecule is CC(C)CNS(=O)(=O)Nc1ccc(F)c(C(=O)O)c1. The Balaban J connectivity index is 2.88. The standard InChI is InChI=1S/C11H15FN2O4S/c1-7(2)6-13-19(17,18)14-8-3-4-10(12)9(5-8)11(15)16/h3-5,7,13-14H,6H2,1-2H3,(H,15,16). The van der Waals surface area contributed by atoms with Crippen molar-refractivity contribution in [1.29, 1.82) is 0 Å². The minimum Gasteiger partial charge on any atom is -0.478 e. The lowest BCUT2D eigenvalue weighted by Crippen LogP contribution is -2.32. The van der Waals surface area contributed by atoms with Crippen LogP contribution in [-0.2, 0) is 10.2 Å². The summed E-state index contributed by atoms with van der Waals surface area (Å²) < 4.78 is 40.8. The van der Waals surface area contributed by atoms with Crippen LogP contribution in [0.2, 0.25) is 0 Å². The number of carboxylic acids is 1. The summed E-state index contributed by atoms with van der Waals surface area (Å²) in [6.07, 6.45) is 0. The van der Waals surface area contributed by atoms with Gasteiger partial charge in [0.2, 0.25) is 0 Å². The van der Waals surface area contributed by atoms with Crippen LogP contribution in [-0.4, -0.2) is 26.0 Å². The van der Waals surface area contributed by atoms with Gasteiger partial charge in [-0.3, -0.25) is 4.72 Å². The molecule has 0 spiro atoms. The van der Waals surface area contributed by atoms with Crippen LogP contribution in [0.1, 0.15) is 24.2 Å². The third kappa shape index (κ3) is 4.84. The molecular formula is C11H15FN2O4S. The Labute approximate surface area is 110 Å². The molecule has 0 aliphatic heterocycles. The predicted octanol–water partition coefficient (Wildman–Crippen LogP) is 1.43. The van der Waals surface area contributed by atoms with E-state index in [1.807, 2.05) is 13.8 Å². The lowest BCUT2D eigenvalue weighted by Gasteiger charge is -2.11. The highest BCUT2D eigenvalue weighted by molar-refractivity contribution is 7.90. The second kappa shape index (κ2) is 5.98. The van der Waals surface area contributed by atoms with Crippen molar-refractivity contribution in [2.45, 2.75) is 13.8 Å². The number of halogens is 1. The van der Waals surface area contributed by atoms with E-state index >= 15 is 0 Å². The fraction of sp³-hybridized carbons (Fsp3) is 0.364. The average molecular weight is 290 g/mol. The molecule has 0 amide bonds. The second-order valence-electron chi connectivity index (χ2n) is 4.35. The van der Waals surface area contributed by atoms with Crippen LogP contribution in [0.25, 0.3) is 0 Å². The predicted molar refractivity (Wildman–Crippen MR) is 68.7 cm³/mol. The third-order valence-corrected chi connectivity index (χ3v) is 3.18. The maximum absolute atomic E-state index is 13.1. The zero-order valence-corrected chi connectivity index (χ0v) is 11.3. The minimum absolute atomic E-state index is 0.0185. The highest BCUT2D eigenvalue weighted by Crippen LogP contribution is 2.15. The van der Waals surface area contributed by atoms with Crippen LogP contribution in [0.4, 0.5) is 10.1 Å². The van der Waals surface area contributed by atoms with E-state index in [1.165, 1.54) is 0 Å². The first kappa shape index (κ1) is 15.4. The molecule has 0 aliphatic carbocycles. The number of carbonyl (C=O) groups is 1. The second-order valence-corrected chi connectivity index (χ2v) is 5.85. The molecule has 3 N–H and O–H groups in total. The van der Waals surface area contributed by atoms with E-state index in [2.05, 4.69) is 9.44 Å². The first-order valence-electron chi connectivity index (χ1n) is 5.51. The van der Waals surface area contributed by atoms with E-state index in [0.29, 0.717) is 0 Å². The number of nitrogens with one attached hydrogen (secondary N) is 2. The Morgan fingerprint density at radius 3 is 2.58 bits per heavy atom. The number of benzene rings is 1. The smallest absolute Gasteiger partial charge is 0.338 e. The normalized spacial score (nSPS) is 11.6. The molecule has 0 radical (unpaired) electrons. The molecule has 0 saturated heterocycles. The van der Waals surface area contributed by atoms with E-state index in [1.54, 1.807) is 0 Å². The monoisotopic (exact) mass is 290 g/mol. The van der Waals surface area contributed by atoms with Crippen molar-refractivity contribution in [3.8, 4) is 0 Å². The molecule has 0 bridgehead atoms. The van der Waals surface area contributed by atoms with Crippen molar-refractivity contribution < 1.29 is 22.7 Å². The molecule has 1 aromatic rings. The van der Waals surface area contributed by atoms with E-state index in [4.69, 9.17) is 5.11 Å². The van der Waals surface area contributed by atoms with Gasteiger partial charge in [0.05, 0.1) is 11.3 Å². The number of hydrogen-bond donors (Lipinski definition) is 3. The van der Waals surface area contributed by atoms with Crippen molar-refractivity contribution in [1.82, 2.24) is 4.72 Å². The molecule has 0 heterocycles. The molecule has 0 saturated carbocycles. The molecule has 0 fully saturated rings. The molecule has 8 heteroatoms. The highest BCUT2D eigenvalue weighted by Gasteiger charge is 2.14. The largest absolute Gasteiger partial charge is 0.478 e. The van der Waals surface area contributed by atoms with Gasteiger partial charge >= 0.3 is 5.97 Å². The minimum atomic E-state index is -3.80. The number of anilines is 1. The lowest BCUT2D eigenvalue weighted by molar-refractivity contribution is 0.0692. The van der Waals surface area contributed by atoms with Gasteiger partial charge in [-0.25, -0.2) is 9.18 Å². The Bertz CT molecular complexity index is 572. The third-order valence-electron chi connectivity index (χ3n) is 2.13. The van der Waals surface area contributed by atoms with Gasteiger partial charge in [-0.2, -0.15) is 13.1 Å². The first-order valence-corrected chi connectivity index (χ1v) is 7.00. The fourth-order valence-electron chi connectivity index (χ4n) is 1.22. The van der Waals surface area contributed by atoms with Crippen molar-refractivity contribution in [3.05, 3.63) is 29.6 Å². The summed E-state index contributed by atoms with van der Waals surface area (Å²) in [6.45, 7) is 3.91. The topological polar surface area (TPSA) is 95.5 Å². The number of hydrogen-bond acceptors (Lipinski definition) is 3. The molecule has 0 unspecified atom stereocenters. The van der Waals surface area contributed by atoms with Crippen molar-refractivity contribution in [2.24, 2.45) is 5.92 Å². The lowest BCUT2D eigenvalue weighted by atomic mass is 10.2. The zero-order chi connectivity index (χ0) is 14.6. The van der Waals surface area contributed by atoms with E-state index in [9.17, 15) is 17.6 Å². The molecule has 0 atom stereocenters. The quantitative estimate of drug-likeness (QED) is 0.738. The molecule has 1 rings (SSSR count). The number of rotatable bonds is 6. The van der Waals surface area contributed by atoms with E-state index in [-0.39, 0.29) is 18.2 Å². The maximum Gasteiger partial charge on any atom is 0.338 e. The molecule has 6 nitrogen and oxygen atoms in total. The van der Waals surface area contributed by atoms with Crippen LogP contribution in [0, 0.1) is 11.7 Å². The van der Waals surface area contributed by atoms with Gasteiger partial charge in [-0.05, 0) is 24.1 Å². The van der Waals surface area contributed by atoms with Crippen LogP contribution >= 0.6 is 0 Å². The summed E-state index contributed by atoms with van der Waals surface area (Å²) in [6, 6.07) is 2.96. The molecule has 0 aliphatic rings. The van der Waals surface area contributed by atoms with Crippen LogP contribution in [0.5, 0.6) is 0 Å². The van der Waals surface area contributed by atoms with Gasteiger partial charge < -0.3 is 5.11 Å². The maximum atomic E-state index is 13.1. The Morgan fingerprint density at radius 1 is 1.42 bits per heavy atom. The van der Waals surface area contributed by atoms with Gasteiger partial charge in [-0.15, -0.1) is 0 Å². The molecule has 106 valence electrons. The summed E-state index contributed by atoms with van der Waals surface area (Å²) in [5.41, 5.74) is -0.612. The Morgan fingerprint density at radius 2 is 2.05 bits per heavy atom. The van der Waals surface area contributed by atoms with Crippen molar-refractivity contribution >= 4 is 21.9 Å². The van der Waals surface area contributed by atoms with Crippen molar-refractivity contribution in [3.63, 3.8) is 0 Å².